The zero-order valence-electron chi connectivity index (χ0n) is 9.52. The molecule has 0 fully saturated rings. The second-order valence-electron chi connectivity index (χ2n) is 4.16. The van der Waals surface area contributed by atoms with E-state index in [1.54, 1.807) is 0 Å². The first-order valence-electron chi connectivity index (χ1n) is 5.73. The third-order valence-electron chi connectivity index (χ3n) is 3.03. The first-order valence-corrected chi connectivity index (χ1v) is 5.73. The van der Waals surface area contributed by atoms with Gasteiger partial charge in [-0.15, -0.1) is 0 Å². The van der Waals surface area contributed by atoms with Crippen LogP contribution in [0.4, 0.5) is 0 Å². The van der Waals surface area contributed by atoms with Gasteiger partial charge in [-0.3, -0.25) is 4.98 Å². The lowest BCUT2D eigenvalue weighted by Gasteiger charge is -2.09. The number of nitrogens with zero attached hydrogens (tertiary/aromatic N) is 1. The van der Waals surface area contributed by atoms with Crippen molar-refractivity contribution in [1.29, 1.82) is 0 Å². The minimum Gasteiger partial charge on any atom is -0.372 e. The maximum atomic E-state index is 5.69. The summed E-state index contributed by atoms with van der Waals surface area (Å²) in [5, 5.41) is 0. The number of fused-ring (bicyclic) bond motifs is 1. The molecular weight excluding hydrogens is 212 g/mol. The van der Waals surface area contributed by atoms with Crippen LogP contribution in [0.1, 0.15) is 16.8 Å². The zero-order valence-corrected chi connectivity index (χ0v) is 9.52. The fourth-order valence-electron chi connectivity index (χ4n) is 2.18. The predicted molar refractivity (Wildman–Crippen MR) is 66.1 cm³/mol. The summed E-state index contributed by atoms with van der Waals surface area (Å²) < 4.78 is 5.50. The molecule has 3 nitrogen and oxygen atoms in total. The van der Waals surface area contributed by atoms with Crippen LogP contribution in [0.5, 0.6) is 0 Å². The maximum absolute atomic E-state index is 5.69. The predicted octanol–water partition coefficient (Wildman–Crippen LogP) is 2.24. The van der Waals surface area contributed by atoms with Gasteiger partial charge in [0.1, 0.15) is 0 Å². The van der Waals surface area contributed by atoms with Crippen LogP contribution in [0.2, 0.25) is 0 Å². The van der Waals surface area contributed by atoms with Crippen molar-refractivity contribution >= 4 is 0 Å². The van der Waals surface area contributed by atoms with E-state index in [0.29, 0.717) is 19.8 Å². The van der Waals surface area contributed by atoms with Crippen molar-refractivity contribution < 1.29 is 4.74 Å². The van der Waals surface area contributed by atoms with Gasteiger partial charge in [0.25, 0.3) is 0 Å². The molecule has 17 heavy (non-hydrogen) atoms. The van der Waals surface area contributed by atoms with Gasteiger partial charge in [-0.1, -0.05) is 30.3 Å². The van der Waals surface area contributed by atoms with Crippen molar-refractivity contribution in [2.75, 3.05) is 0 Å². The van der Waals surface area contributed by atoms with Gasteiger partial charge < -0.3 is 10.5 Å². The summed E-state index contributed by atoms with van der Waals surface area (Å²) in [4.78, 5) is 4.63. The van der Waals surface area contributed by atoms with E-state index in [0.717, 1.165) is 17.0 Å². The molecule has 1 aromatic heterocycles. The quantitative estimate of drug-likeness (QED) is 0.854. The molecule has 0 bridgehead atoms. The summed E-state index contributed by atoms with van der Waals surface area (Å²) in [5.74, 6) is 0. The largest absolute Gasteiger partial charge is 0.372 e. The summed E-state index contributed by atoms with van der Waals surface area (Å²) in [6.07, 6.45) is 0. The Morgan fingerprint density at radius 3 is 2.76 bits per heavy atom. The monoisotopic (exact) mass is 226 g/mol. The van der Waals surface area contributed by atoms with Crippen LogP contribution in [0, 0.1) is 0 Å². The van der Waals surface area contributed by atoms with Gasteiger partial charge in [0.15, 0.2) is 0 Å². The Labute approximate surface area is 100 Å². The van der Waals surface area contributed by atoms with Crippen molar-refractivity contribution in [1.82, 2.24) is 4.98 Å². The van der Waals surface area contributed by atoms with E-state index < -0.39 is 0 Å². The second kappa shape index (κ2) is 4.28. The summed E-state index contributed by atoms with van der Waals surface area (Å²) in [5.41, 5.74) is 11.2. The minimum atomic E-state index is 0.465. The van der Waals surface area contributed by atoms with E-state index in [9.17, 15) is 0 Å². The normalized spacial score (nSPS) is 13.7. The molecule has 3 heteroatoms. The molecule has 1 aliphatic heterocycles. The first-order chi connectivity index (χ1) is 8.38. The van der Waals surface area contributed by atoms with Crippen LogP contribution in [0.3, 0.4) is 0 Å². The van der Waals surface area contributed by atoms with Gasteiger partial charge in [0, 0.05) is 17.7 Å². The molecule has 0 saturated carbocycles. The minimum absolute atomic E-state index is 0.465. The summed E-state index contributed by atoms with van der Waals surface area (Å²) in [6, 6.07) is 12.2. The van der Waals surface area contributed by atoms with Gasteiger partial charge in [-0.2, -0.15) is 0 Å². The Morgan fingerprint density at radius 2 is 2.00 bits per heavy atom. The number of pyridine rings is 1. The molecule has 1 aliphatic rings. The third kappa shape index (κ3) is 1.84. The molecule has 2 N–H and O–H groups in total. The Bertz CT molecular complexity index is 537. The van der Waals surface area contributed by atoms with E-state index in [-0.39, 0.29) is 0 Å². The van der Waals surface area contributed by atoms with E-state index >= 15 is 0 Å². The molecule has 0 atom stereocenters. The number of rotatable bonds is 2. The van der Waals surface area contributed by atoms with E-state index in [1.807, 2.05) is 18.2 Å². The average Bonchev–Trinajstić information content (AvgIpc) is 2.86. The van der Waals surface area contributed by atoms with Crippen LogP contribution < -0.4 is 5.73 Å². The molecule has 2 aromatic rings. The molecule has 3 rings (SSSR count). The highest BCUT2D eigenvalue weighted by Crippen LogP contribution is 2.30. The Hall–Kier alpha value is -1.71. The Balaban J connectivity index is 2.19. The summed E-state index contributed by atoms with van der Waals surface area (Å²) in [6.45, 7) is 1.79. The maximum Gasteiger partial charge on any atom is 0.0764 e. The fraction of sp³-hybridized carbons (Fsp3) is 0.214. The molecule has 0 saturated heterocycles. The molecule has 86 valence electrons. The van der Waals surface area contributed by atoms with E-state index in [2.05, 4.69) is 23.2 Å². The lowest BCUT2D eigenvalue weighted by molar-refractivity contribution is 0.134. The number of hydrogen-bond acceptors (Lipinski definition) is 3. The number of hydrogen-bond donors (Lipinski definition) is 1. The zero-order chi connectivity index (χ0) is 11.7. The Kier molecular flexibility index (Phi) is 2.63. The van der Waals surface area contributed by atoms with Crippen molar-refractivity contribution in [2.24, 2.45) is 5.73 Å². The molecule has 0 aliphatic carbocycles. The third-order valence-corrected chi connectivity index (χ3v) is 3.03. The Morgan fingerprint density at radius 1 is 1.18 bits per heavy atom. The molecule has 0 unspecified atom stereocenters. The molecular formula is C14H14N2O. The number of ether oxygens (including phenoxy) is 1. The van der Waals surface area contributed by atoms with Crippen molar-refractivity contribution in [3.05, 3.63) is 53.2 Å². The summed E-state index contributed by atoms with van der Waals surface area (Å²) in [7, 11) is 0. The SMILES string of the molecule is NCc1cc2c(c(-c3ccccc3)n1)COC2. The lowest BCUT2D eigenvalue weighted by Crippen LogP contribution is -2.03. The van der Waals surface area contributed by atoms with Gasteiger partial charge in [0.2, 0.25) is 0 Å². The number of aromatic nitrogens is 1. The fourth-order valence-corrected chi connectivity index (χ4v) is 2.18. The molecule has 0 radical (unpaired) electrons. The molecule has 2 heterocycles. The summed E-state index contributed by atoms with van der Waals surface area (Å²) >= 11 is 0. The van der Waals surface area contributed by atoms with Crippen LogP contribution in [-0.4, -0.2) is 4.98 Å². The topological polar surface area (TPSA) is 48.1 Å². The van der Waals surface area contributed by atoms with E-state index in [4.69, 9.17) is 10.5 Å². The van der Waals surface area contributed by atoms with Crippen LogP contribution in [0.15, 0.2) is 36.4 Å². The van der Waals surface area contributed by atoms with E-state index in [1.165, 1.54) is 11.1 Å². The lowest BCUT2D eigenvalue weighted by atomic mass is 10.0. The van der Waals surface area contributed by atoms with Crippen LogP contribution in [0.25, 0.3) is 11.3 Å². The van der Waals surface area contributed by atoms with Gasteiger partial charge >= 0.3 is 0 Å². The highest BCUT2D eigenvalue weighted by atomic mass is 16.5. The smallest absolute Gasteiger partial charge is 0.0764 e. The van der Waals surface area contributed by atoms with Gasteiger partial charge in [-0.05, 0) is 11.6 Å². The number of benzene rings is 1. The van der Waals surface area contributed by atoms with Crippen LogP contribution >= 0.6 is 0 Å². The second-order valence-corrected chi connectivity index (χ2v) is 4.16. The molecule has 1 aromatic carbocycles. The molecule has 0 amide bonds. The van der Waals surface area contributed by atoms with Gasteiger partial charge in [-0.25, -0.2) is 0 Å². The van der Waals surface area contributed by atoms with Crippen molar-refractivity contribution in [2.45, 2.75) is 19.8 Å². The number of nitrogens with two attached hydrogens (primary N) is 1. The average molecular weight is 226 g/mol. The highest BCUT2D eigenvalue weighted by molar-refractivity contribution is 5.65. The standard InChI is InChI=1S/C14H14N2O/c15-7-12-6-11-8-17-9-13(11)14(16-12)10-4-2-1-3-5-10/h1-6H,7-9,15H2. The van der Waals surface area contributed by atoms with Crippen molar-refractivity contribution in [3.8, 4) is 11.3 Å². The van der Waals surface area contributed by atoms with Crippen molar-refractivity contribution in [3.63, 3.8) is 0 Å². The highest BCUT2D eigenvalue weighted by Gasteiger charge is 2.18. The molecule has 0 spiro atoms. The van der Waals surface area contributed by atoms with Crippen LogP contribution in [-0.2, 0) is 24.5 Å². The first kappa shape index (κ1) is 10.4. The van der Waals surface area contributed by atoms with Gasteiger partial charge in [0.05, 0.1) is 24.6 Å².